The molecule has 2 aromatic rings. The summed E-state index contributed by atoms with van der Waals surface area (Å²) in [7, 11) is 0. The molecule has 18 heavy (non-hydrogen) atoms. The van der Waals surface area contributed by atoms with Crippen LogP contribution in [-0.2, 0) is 6.54 Å². The first-order valence-corrected chi connectivity index (χ1v) is 7.24. The van der Waals surface area contributed by atoms with Gasteiger partial charge in [0.2, 0.25) is 0 Å². The molecule has 2 rings (SSSR count). The molecule has 0 unspecified atom stereocenters. The Kier molecular flexibility index (Phi) is 4.31. The maximum absolute atomic E-state index is 10.6. The van der Waals surface area contributed by atoms with Gasteiger partial charge in [-0.25, -0.2) is 4.98 Å². The van der Waals surface area contributed by atoms with Gasteiger partial charge >= 0.3 is 0 Å². The average Bonchev–Trinajstić information content (AvgIpc) is 2.73. The highest BCUT2D eigenvalue weighted by Crippen LogP contribution is 2.26. The number of hydrogen-bond donors (Lipinski definition) is 1. The van der Waals surface area contributed by atoms with E-state index in [2.05, 4.69) is 42.2 Å². The van der Waals surface area contributed by atoms with Gasteiger partial charge in [-0.05, 0) is 44.0 Å². The highest BCUT2D eigenvalue weighted by atomic mass is 79.9. The Labute approximate surface area is 124 Å². The van der Waals surface area contributed by atoms with E-state index in [1.807, 2.05) is 12.1 Å². The van der Waals surface area contributed by atoms with Gasteiger partial charge in [-0.2, -0.15) is 0 Å². The predicted octanol–water partition coefficient (Wildman–Crippen LogP) is 4.19. The standard InChI is InChI=1S/C10H7Br2N3O2S/c11-8-3-6(15(16)17)4-13-10(8)14-5-7-1-2-9(12)18-7/h1-4H,5H2,(H,13,14). The summed E-state index contributed by atoms with van der Waals surface area (Å²) in [5.74, 6) is 0.588. The number of rotatable bonds is 4. The summed E-state index contributed by atoms with van der Waals surface area (Å²) in [5.41, 5.74) is -0.0358. The second-order valence-corrected chi connectivity index (χ2v) is 6.74. The molecule has 0 aliphatic heterocycles. The van der Waals surface area contributed by atoms with Crippen molar-refractivity contribution >= 4 is 54.7 Å². The van der Waals surface area contributed by atoms with Crippen LogP contribution in [0, 0.1) is 10.1 Å². The minimum atomic E-state index is -0.474. The summed E-state index contributed by atoms with van der Waals surface area (Å²) in [4.78, 5) is 15.3. The molecule has 1 N–H and O–H groups in total. The molecule has 2 aromatic heterocycles. The molecular weight excluding hydrogens is 386 g/mol. The lowest BCUT2D eigenvalue weighted by Crippen LogP contribution is -2.01. The molecule has 0 radical (unpaired) electrons. The first-order valence-electron chi connectivity index (χ1n) is 4.84. The Balaban J connectivity index is 2.08. The van der Waals surface area contributed by atoms with Crippen LogP contribution >= 0.6 is 43.2 Å². The van der Waals surface area contributed by atoms with Gasteiger partial charge in [0.05, 0.1) is 19.7 Å². The summed E-state index contributed by atoms with van der Waals surface area (Å²) >= 11 is 8.27. The number of anilines is 1. The predicted molar refractivity (Wildman–Crippen MR) is 77.9 cm³/mol. The third-order valence-corrected chi connectivity index (χ3v) is 4.32. The summed E-state index contributed by atoms with van der Waals surface area (Å²) in [6, 6.07) is 5.40. The number of nitrogens with one attached hydrogen (secondary N) is 1. The quantitative estimate of drug-likeness (QED) is 0.625. The van der Waals surface area contributed by atoms with Crippen molar-refractivity contribution in [1.82, 2.24) is 4.98 Å². The summed E-state index contributed by atoms with van der Waals surface area (Å²) in [6.45, 7) is 0.625. The van der Waals surface area contributed by atoms with Gasteiger partial charge in [-0.1, -0.05) is 0 Å². The Hall–Kier alpha value is -0.990. The fourth-order valence-electron chi connectivity index (χ4n) is 1.28. The molecule has 0 bridgehead atoms. The molecule has 0 saturated heterocycles. The molecule has 0 aromatic carbocycles. The summed E-state index contributed by atoms with van der Waals surface area (Å²) in [5, 5.41) is 13.7. The fraction of sp³-hybridized carbons (Fsp3) is 0.100. The molecule has 0 fully saturated rings. The first-order chi connectivity index (χ1) is 8.56. The van der Waals surface area contributed by atoms with E-state index >= 15 is 0 Å². The van der Waals surface area contributed by atoms with E-state index in [4.69, 9.17) is 0 Å². The second-order valence-electron chi connectivity index (χ2n) is 3.34. The number of halogens is 2. The summed E-state index contributed by atoms with van der Waals surface area (Å²) < 4.78 is 1.64. The molecular formula is C10H7Br2N3O2S. The average molecular weight is 393 g/mol. The maximum Gasteiger partial charge on any atom is 0.288 e. The van der Waals surface area contributed by atoms with Crippen LogP contribution in [-0.4, -0.2) is 9.91 Å². The van der Waals surface area contributed by atoms with Crippen LogP contribution in [0.1, 0.15) is 4.88 Å². The van der Waals surface area contributed by atoms with Crippen LogP contribution in [0.3, 0.4) is 0 Å². The van der Waals surface area contributed by atoms with Crippen molar-refractivity contribution < 1.29 is 4.92 Å². The number of hydrogen-bond acceptors (Lipinski definition) is 5. The monoisotopic (exact) mass is 391 g/mol. The third kappa shape index (κ3) is 3.27. The zero-order valence-corrected chi connectivity index (χ0v) is 12.9. The SMILES string of the molecule is O=[N+]([O-])c1cnc(NCc2ccc(Br)s2)c(Br)c1. The van der Waals surface area contributed by atoms with Crippen LogP contribution in [0.5, 0.6) is 0 Å². The van der Waals surface area contributed by atoms with Crippen molar-refractivity contribution in [3.05, 3.63) is 47.6 Å². The molecule has 0 saturated carbocycles. The van der Waals surface area contributed by atoms with Crippen molar-refractivity contribution in [2.45, 2.75) is 6.54 Å². The van der Waals surface area contributed by atoms with E-state index in [1.165, 1.54) is 12.3 Å². The lowest BCUT2D eigenvalue weighted by Gasteiger charge is -2.05. The Bertz CT molecular complexity index is 588. The van der Waals surface area contributed by atoms with Gasteiger partial charge in [-0.3, -0.25) is 10.1 Å². The zero-order valence-electron chi connectivity index (χ0n) is 8.89. The van der Waals surface area contributed by atoms with E-state index < -0.39 is 4.92 Å². The minimum Gasteiger partial charge on any atom is -0.364 e. The van der Waals surface area contributed by atoms with Gasteiger partial charge in [0.25, 0.3) is 5.69 Å². The van der Waals surface area contributed by atoms with E-state index in [-0.39, 0.29) is 5.69 Å². The van der Waals surface area contributed by atoms with Gasteiger partial charge in [0, 0.05) is 10.9 Å². The van der Waals surface area contributed by atoms with Gasteiger partial charge in [0.1, 0.15) is 12.0 Å². The van der Waals surface area contributed by atoms with Gasteiger partial charge in [-0.15, -0.1) is 11.3 Å². The lowest BCUT2D eigenvalue weighted by molar-refractivity contribution is -0.385. The van der Waals surface area contributed by atoms with Crippen LogP contribution in [0.15, 0.2) is 32.7 Å². The lowest BCUT2D eigenvalue weighted by atomic mass is 10.4. The summed E-state index contributed by atoms with van der Waals surface area (Å²) in [6.07, 6.45) is 1.23. The largest absolute Gasteiger partial charge is 0.364 e. The molecule has 2 heterocycles. The third-order valence-electron chi connectivity index (χ3n) is 2.10. The van der Waals surface area contributed by atoms with Crippen molar-refractivity contribution in [2.75, 3.05) is 5.32 Å². The van der Waals surface area contributed by atoms with E-state index in [9.17, 15) is 10.1 Å². The number of thiophene rings is 1. The minimum absolute atomic E-state index is 0.0358. The molecule has 0 amide bonds. The van der Waals surface area contributed by atoms with Crippen LogP contribution in [0.25, 0.3) is 0 Å². The molecule has 0 aliphatic rings. The molecule has 5 nitrogen and oxygen atoms in total. The number of nitro groups is 1. The second kappa shape index (κ2) is 5.77. The van der Waals surface area contributed by atoms with E-state index in [0.29, 0.717) is 16.8 Å². The number of pyridine rings is 1. The molecule has 0 atom stereocenters. The van der Waals surface area contributed by atoms with E-state index in [1.54, 1.807) is 11.3 Å². The van der Waals surface area contributed by atoms with Crippen molar-refractivity contribution in [3.8, 4) is 0 Å². The topological polar surface area (TPSA) is 68.1 Å². The van der Waals surface area contributed by atoms with E-state index in [0.717, 1.165) is 8.66 Å². The molecule has 8 heteroatoms. The van der Waals surface area contributed by atoms with Crippen LogP contribution in [0.4, 0.5) is 11.5 Å². The smallest absolute Gasteiger partial charge is 0.288 e. The Morgan fingerprint density at radius 2 is 2.22 bits per heavy atom. The highest BCUT2D eigenvalue weighted by Gasteiger charge is 2.10. The molecule has 94 valence electrons. The van der Waals surface area contributed by atoms with Crippen molar-refractivity contribution in [2.24, 2.45) is 0 Å². The van der Waals surface area contributed by atoms with Gasteiger partial charge in [0.15, 0.2) is 0 Å². The highest BCUT2D eigenvalue weighted by molar-refractivity contribution is 9.11. The zero-order chi connectivity index (χ0) is 13.1. The fourth-order valence-corrected chi connectivity index (χ4v) is 3.18. The normalized spacial score (nSPS) is 10.3. The Morgan fingerprint density at radius 3 is 2.78 bits per heavy atom. The Morgan fingerprint density at radius 1 is 1.44 bits per heavy atom. The molecule has 0 aliphatic carbocycles. The first kappa shape index (κ1) is 13.4. The van der Waals surface area contributed by atoms with Crippen molar-refractivity contribution in [3.63, 3.8) is 0 Å². The molecule has 0 spiro atoms. The van der Waals surface area contributed by atoms with Crippen LogP contribution in [0.2, 0.25) is 0 Å². The maximum atomic E-state index is 10.6. The van der Waals surface area contributed by atoms with Gasteiger partial charge < -0.3 is 5.32 Å². The number of aromatic nitrogens is 1. The van der Waals surface area contributed by atoms with Crippen LogP contribution < -0.4 is 5.32 Å². The number of nitrogens with zero attached hydrogens (tertiary/aromatic N) is 2. The van der Waals surface area contributed by atoms with Crippen molar-refractivity contribution in [1.29, 1.82) is 0 Å².